The summed E-state index contributed by atoms with van der Waals surface area (Å²) in [5, 5.41) is 8.37. The molecule has 98 valence electrons. The molecule has 1 saturated heterocycles. The van der Waals surface area contributed by atoms with E-state index in [4.69, 9.17) is 5.41 Å². The fourth-order valence-electron chi connectivity index (χ4n) is 3.53. The van der Waals surface area contributed by atoms with Crippen molar-refractivity contribution in [3.8, 4) is 0 Å². The van der Waals surface area contributed by atoms with Crippen molar-refractivity contribution in [1.82, 2.24) is 4.90 Å². The molecule has 0 aromatic heterocycles. The second kappa shape index (κ2) is 6.42. The first-order valence-corrected chi connectivity index (χ1v) is 7.64. The van der Waals surface area contributed by atoms with Crippen LogP contribution >= 0.6 is 0 Å². The van der Waals surface area contributed by atoms with Crippen molar-refractivity contribution in [3.63, 3.8) is 0 Å². The van der Waals surface area contributed by atoms with Gasteiger partial charge in [-0.15, -0.1) is 0 Å². The Kier molecular flexibility index (Phi) is 4.87. The summed E-state index contributed by atoms with van der Waals surface area (Å²) in [7, 11) is 0. The molecule has 0 unspecified atom stereocenters. The fraction of sp³-hybridized carbons (Fsp3) is 0.933. The molecule has 2 nitrogen and oxygen atoms in total. The molecule has 0 bridgehead atoms. The molecule has 1 aliphatic heterocycles. The molecule has 0 radical (unpaired) electrons. The lowest BCUT2D eigenvalue weighted by Gasteiger charge is -2.36. The Labute approximate surface area is 106 Å². The van der Waals surface area contributed by atoms with Gasteiger partial charge in [0, 0.05) is 19.0 Å². The van der Waals surface area contributed by atoms with E-state index in [1.54, 1.807) is 0 Å². The quantitative estimate of drug-likeness (QED) is 0.581. The van der Waals surface area contributed by atoms with Crippen LogP contribution in [-0.4, -0.2) is 23.8 Å². The summed E-state index contributed by atoms with van der Waals surface area (Å²) in [5.41, 5.74) is 0. The van der Waals surface area contributed by atoms with Crippen LogP contribution in [0.4, 0.5) is 0 Å². The summed E-state index contributed by atoms with van der Waals surface area (Å²) in [5.74, 6) is 2.52. The SMILES string of the molecule is CCCC1CCC(C(=N)N2CCCCC2)CC1. The Morgan fingerprint density at radius 3 is 2.29 bits per heavy atom. The highest BCUT2D eigenvalue weighted by Gasteiger charge is 2.26. The number of hydrogen-bond donors (Lipinski definition) is 1. The Morgan fingerprint density at radius 1 is 1.06 bits per heavy atom. The summed E-state index contributed by atoms with van der Waals surface area (Å²) < 4.78 is 0. The van der Waals surface area contributed by atoms with E-state index in [1.807, 2.05) is 0 Å². The molecule has 1 heterocycles. The van der Waals surface area contributed by atoms with Gasteiger partial charge in [-0.1, -0.05) is 19.8 Å². The van der Waals surface area contributed by atoms with E-state index >= 15 is 0 Å². The average Bonchev–Trinajstić information content (AvgIpc) is 2.40. The molecule has 1 saturated carbocycles. The second-order valence-electron chi connectivity index (χ2n) is 5.94. The van der Waals surface area contributed by atoms with Gasteiger partial charge < -0.3 is 4.90 Å². The van der Waals surface area contributed by atoms with Gasteiger partial charge in [-0.2, -0.15) is 0 Å². The van der Waals surface area contributed by atoms with Crippen molar-refractivity contribution in [1.29, 1.82) is 5.41 Å². The molecule has 0 spiro atoms. The fourth-order valence-corrected chi connectivity index (χ4v) is 3.53. The van der Waals surface area contributed by atoms with E-state index in [2.05, 4.69) is 11.8 Å². The zero-order valence-electron chi connectivity index (χ0n) is 11.4. The molecule has 2 heteroatoms. The molecule has 1 N–H and O–H groups in total. The van der Waals surface area contributed by atoms with Gasteiger partial charge in [0.1, 0.15) is 0 Å². The lowest BCUT2D eigenvalue weighted by Crippen LogP contribution is -2.40. The smallest absolute Gasteiger partial charge is 0.0989 e. The van der Waals surface area contributed by atoms with Crippen LogP contribution < -0.4 is 0 Å². The zero-order valence-corrected chi connectivity index (χ0v) is 11.4. The van der Waals surface area contributed by atoms with Crippen molar-refractivity contribution in [3.05, 3.63) is 0 Å². The van der Waals surface area contributed by atoms with Crippen molar-refractivity contribution >= 4 is 5.84 Å². The highest BCUT2D eigenvalue weighted by molar-refractivity contribution is 5.81. The largest absolute Gasteiger partial charge is 0.360 e. The molecule has 2 aliphatic rings. The van der Waals surface area contributed by atoms with Crippen LogP contribution in [0.3, 0.4) is 0 Å². The van der Waals surface area contributed by atoms with E-state index < -0.39 is 0 Å². The van der Waals surface area contributed by atoms with Crippen LogP contribution in [-0.2, 0) is 0 Å². The first-order chi connectivity index (χ1) is 8.31. The third-order valence-corrected chi connectivity index (χ3v) is 4.63. The maximum Gasteiger partial charge on any atom is 0.0989 e. The van der Waals surface area contributed by atoms with Gasteiger partial charge in [0.05, 0.1) is 5.84 Å². The van der Waals surface area contributed by atoms with Gasteiger partial charge in [0.15, 0.2) is 0 Å². The standard InChI is InChI=1S/C15H28N2/c1-2-6-13-7-9-14(10-8-13)15(16)17-11-4-3-5-12-17/h13-14,16H,2-12H2,1H3. The van der Waals surface area contributed by atoms with E-state index in [-0.39, 0.29) is 0 Å². The van der Waals surface area contributed by atoms with Crippen LogP contribution in [0.5, 0.6) is 0 Å². The van der Waals surface area contributed by atoms with Gasteiger partial charge in [-0.3, -0.25) is 5.41 Å². The van der Waals surface area contributed by atoms with Gasteiger partial charge in [-0.25, -0.2) is 0 Å². The second-order valence-corrected chi connectivity index (χ2v) is 5.94. The summed E-state index contributed by atoms with van der Waals surface area (Å²) in [6.07, 6.45) is 12.0. The average molecular weight is 236 g/mol. The lowest BCUT2D eigenvalue weighted by molar-refractivity contribution is 0.269. The number of hydrogen-bond acceptors (Lipinski definition) is 1. The van der Waals surface area contributed by atoms with Gasteiger partial charge >= 0.3 is 0 Å². The topological polar surface area (TPSA) is 27.1 Å². The molecule has 0 aromatic rings. The normalized spacial score (nSPS) is 30.3. The van der Waals surface area contributed by atoms with Gasteiger partial charge in [0.25, 0.3) is 0 Å². The summed E-state index contributed by atoms with van der Waals surface area (Å²) >= 11 is 0. The lowest BCUT2D eigenvalue weighted by atomic mass is 9.79. The molecule has 1 aliphatic carbocycles. The van der Waals surface area contributed by atoms with Crippen molar-refractivity contribution in [2.24, 2.45) is 11.8 Å². The summed E-state index contributed by atoms with van der Waals surface area (Å²) in [6.45, 7) is 4.59. The van der Waals surface area contributed by atoms with Crippen molar-refractivity contribution in [2.75, 3.05) is 13.1 Å². The minimum atomic E-state index is 0.584. The Hall–Kier alpha value is -0.530. The van der Waals surface area contributed by atoms with Crippen LogP contribution in [0.2, 0.25) is 0 Å². The Morgan fingerprint density at radius 2 is 1.71 bits per heavy atom. The minimum absolute atomic E-state index is 0.584. The highest BCUT2D eigenvalue weighted by atomic mass is 15.2. The summed E-state index contributed by atoms with van der Waals surface area (Å²) in [4.78, 5) is 2.36. The number of amidine groups is 1. The van der Waals surface area contributed by atoms with E-state index in [0.29, 0.717) is 5.92 Å². The summed E-state index contributed by atoms with van der Waals surface area (Å²) in [6, 6.07) is 0. The maximum atomic E-state index is 8.37. The van der Waals surface area contributed by atoms with Crippen LogP contribution in [0.1, 0.15) is 64.7 Å². The first kappa shape index (κ1) is 12.9. The predicted octanol–water partition coefficient (Wildman–Crippen LogP) is 4.06. The van der Waals surface area contributed by atoms with Crippen LogP contribution in [0.25, 0.3) is 0 Å². The predicted molar refractivity (Wildman–Crippen MR) is 73.5 cm³/mol. The Bertz CT molecular complexity index is 235. The highest BCUT2D eigenvalue weighted by Crippen LogP contribution is 2.33. The van der Waals surface area contributed by atoms with Crippen molar-refractivity contribution < 1.29 is 0 Å². The molecule has 2 rings (SSSR count). The molecule has 17 heavy (non-hydrogen) atoms. The maximum absolute atomic E-state index is 8.37. The number of likely N-dealkylation sites (tertiary alicyclic amines) is 1. The number of nitrogens with zero attached hydrogens (tertiary/aromatic N) is 1. The third-order valence-electron chi connectivity index (χ3n) is 4.63. The number of nitrogens with one attached hydrogen (secondary N) is 1. The molecule has 0 aromatic carbocycles. The van der Waals surface area contributed by atoms with Gasteiger partial charge in [0.2, 0.25) is 0 Å². The monoisotopic (exact) mass is 236 g/mol. The Balaban J connectivity index is 1.77. The number of rotatable bonds is 3. The molecule has 0 atom stereocenters. The van der Waals surface area contributed by atoms with E-state index in [1.165, 1.54) is 57.8 Å². The van der Waals surface area contributed by atoms with Crippen molar-refractivity contribution in [2.45, 2.75) is 64.7 Å². The van der Waals surface area contributed by atoms with Crippen LogP contribution in [0.15, 0.2) is 0 Å². The van der Waals surface area contributed by atoms with E-state index in [0.717, 1.165) is 24.8 Å². The van der Waals surface area contributed by atoms with Gasteiger partial charge in [-0.05, 0) is 50.9 Å². The minimum Gasteiger partial charge on any atom is -0.360 e. The third kappa shape index (κ3) is 3.46. The van der Waals surface area contributed by atoms with Crippen LogP contribution in [0, 0.1) is 17.2 Å². The first-order valence-electron chi connectivity index (χ1n) is 7.64. The van der Waals surface area contributed by atoms with E-state index in [9.17, 15) is 0 Å². The molecular formula is C15H28N2. The molecular weight excluding hydrogens is 208 g/mol. The number of piperidine rings is 1. The zero-order chi connectivity index (χ0) is 12.1. The molecule has 2 fully saturated rings. The molecule has 0 amide bonds.